The van der Waals surface area contributed by atoms with Crippen LogP contribution >= 0.6 is 0 Å². The largest absolute Gasteiger partial charge is 0.479 e. The molecule has 0 aliphatic rings. The molecule has 0 fully saturated rings. The van der Waals surface area contributed by atoms with E-state index in [1.807, 2.05) is 13.0 Å². The van der Waals surface area contributed by atoms with E-state index in [0.29, 0.717) is 5.75 Å². The van der Waals surface area contributed by atoms with E-state index in [0.717, 1.165) is 17.8 Å². The highest BCUT2D eigenvalue weighted by Gasteiger charge is 2.08. The van der Waals surface area contributed by atoms with Crippen molar-refractivity contribution in [2.75, 3.05) is 13.2 Å². The quantitative estimate of drug-likeness (QED) is 0.882. The zero-order valence-corrected chi connectivity index (χ0v) is 12.4. The van der Waals surface area contributed by atoms with Gasteiger partial charge in [0.15, 0.2) is 11.6 Å². The summed E-state index contributed by atoms with van der Waals surface area (Å²) in [6.45, 7) is 2.11. The van der Waals surface area contributed by atoms with Crippen LogP contribution in [-0.4, -0.2) is 24.0 Å². The third-order valence-electron chi connectivity index (χ3n) is 2.84. The number of ether oxygens (including phenoxy) is 1. The Morgan fingerprint density at radius 2 is 2.04 bits per heavy atom. The third-order valence-corrected chi connectivity index (χ3v) is 2.84. The van der Waals surface area contributed by atoms with Crippen molar-refractivity contribution in [2.45, 2.75) is 6.92 Å². The highest BCUT2D eigenvalue weighted by Crippen LogP contribution is 2.08. The van der Waals surface area contributed by atoms with E-state index in [1.54, 1.807) is 12.3 Å². The predicted octanol–water partition coefficient (Wildman–Crippen LogP) is 2.48. The Labute approximate surface area is 132 Å². The molecule has 0 saturated heterocycles. The molecule has 0 atom stereocenters. The predicted molar refractivity (Wildman–Crippen MR) is 80.9 cm³/mol. The highest BCUT2D eigenvalue weighted by atomic mass is 19.2. The van der Waals surface area contributed by atoms with Crippen molar-refractivity contribution in [1.29, 1.82) is 0 Å². The molecule has 23 heavy (non-hydrogen) atoms. The molecular formula is C17H14F2N2O2. The molecule has 0 spiro atoms. The summed E-state index contributed by atoms with van der Waals surface area (Å²) >= 11 is 0. The topological polar surface area (TPSA) is 51.2 Å². The minimum Gasteiger partial charge on any atom is -0.479 e. The number of aryl methyl sites for hydroxylation is 1. The third kappa shape index (κ3) is 5.08. The molecule has 2 rings (SSSR count). The maximum atomic E-state index is 13.0. The number of nitrogens with one attached hydrogen (secondary N) is 1. The van der Waals surface area contributed by atoms with Gasteiger partial charge in [-0.25, -0.2) is 8.78 Å². The number of benzene rings is 1. The van der Waals surface area contributed by atoms with Crippen molar-refractivity contribution in [3.05, 3.63) is 59.4 Å². The van der Waals surface area contributed by atoms with E-state index >= 15 is 0 Å². The van der Waals surface area contributed by atoms with E-state index in [2.05, 4.69) is 22.1 Å². The van der Waals surface area contributed by atoms with Crippen molar-refractivity contribution in [2.24, 2.45) is 0 Å². The summed E-state index contributed by atoms with van der Waals surface area (Å²) in [5, 5.41) is 2.48. The molecule has 0 aliphatic heterocycles. The second kappa shape index (κ2) is 7.90. The molecule has 4 nitrogen and oxygen atoms in total. The van der Waals surface area contributed by atoms with Crippen LogP contribution in [0, 0.1) is 30.4 Å². The second-order valence-electron chi connectivity index (χ2n) is 4.59. The van der Waals surface area contributed by atoms with Gasteiger partial charge in [-0.05, 0) is 37.3 Å². The van der Waals surface area contributed by atoms with Gasteiger partial charge in [0.2, 0.25) is 0 Å². The van der Waals surface area contributed by atoms with Crippen LogP contribution in [0.2, 0.25) is 0 Å². The number of nitrogens with zero attached hydrogens (tertiary/aromatic N) is 1. The molecule has 1 aromatic heterocycles. The van der Waals surface area contributed by atoms with E-state index in [1.165, 1.54) is 6.07 Å². The molecule has 0 bridgehead atoms. The lowest BCUT2D eigenvalue weighted by Gasteiger charge is -2.02. The molecule has 118 valence electrons. The molecule has 1 heterocycles. The van der Waals surface area contributed by atoms with Crippen LogP contribution in [0.25, 0.3) is 0 Å². The van der Waals surface area contributed by atoms with Crippen LogP contribution in [0.1, 0.15) is 16.1 Å². The first kappa shape index (κ1) is 16.4. The van der Waals surface area contributed by atoms with Crippen molar-refractivity contribution >= 4 is 5.91 Å². The first-order valence-corrected chi connectivity index (χ1v) is 6.80. The summed E-state index contributed by atoms with van der Waals surface area (Å²) in [6, 6.07) is 6.55. The smallest absolute Gasteiger partial charge is 0.252 e. The number of carbonyl (C=O) groups excluding carboxylic acids is 1. The molecule has 1 amide bonds. The van der Waals surface area contributed by atoms with Gasteiger partial charge in [0.1, 0.15) is 12.4 Å². The van der Waals surface area contributed by atoms with Gasteiger partial charge in [-0.15, -0.1) is 0 Å². The van der Waals surface area contributed by atoms with Gasteiger partial charge < -0.3 is 10.1 Å². The van der Waals surface area contributed by atoms with E-state index < -0.39 is 17.5 Å². The van der Waals surface area contributed by atoms with Crippen molar-refractivity contribution in [3.63, 3.8) is 0 Å². The summed E-state index contributed by atoms with van der Waals surface area (Å²) in [6.07, 6.45) is 1.60. The van der Waals surface area contributed by atoms with Gasteiger partial charge in [-0.1, -0.05) is 11.8 Å². The number of aromatic nitrogens is 1. The Balaban J connectivity index is 1.75. The summed E-state index contributed by atoms with van der Waals surface area (Å²) in [5.41, 5.74) is 0.927. The van der Waals surface area contributed by atoms with Crippen LogP contribution in [-0.2, 0) is 0 Å². The molecule has 1 N–H and O–H groups in total. The lowest BCUT2D eigenvalue weighted by molar-refractivity contribution is 0.0958. The zero-order chi connectivity index (χ0) is 16.7. The number of pyridine rings is 1. The lowest BCUT2D eigenvalue weighted by atomic mass is 10.2. The number of hydrogen-bond acceptors (Lipinski definition) is 3. The van der Waals surface area contributed by atoms with Crippen LogP contribution < -0.4 is 10.1 Å². The second-order valence-corrected chi connectivity index (χ2v) is 4.59. The van der Waals surface area contributed by atoms with Crippen molar-refractivity contribution in [3.8, 4) is 17.6 Å². The fourth-order valence-electron chi connectivity index (χ4n) is 1.64. The number of rotatable bonds is 4. The molecule has 0 saturated carbocycles. The Bertz CT molecular complexity index is 749. The molecule has 0 unspecified atom stereocenters. The van der Waals surface area contributed by atoms with Crippen LogP contribution in [0.15, 0.2) is 36.5 Å². The van der Waals surface area contributed by atoms with Gasteiger partial charge in [0.05, 0.1) is 12.7 Å². The van der Waals surface area contributed by atoms with E-state index in [-0.39, 0.29) is 18.7 Å². The first-order valence-electron chi connectivity index (χ1n) is 6.80. The molecular weight excluding hydrogens is 302 g/mol. The molecule has 2 aromatic rings. The standard InChI is InChI=1S/C17H14F2N2O2/c1-12-4-6-14(11-21-12)23-9-3-2-8-20-17(22)13-5-7-15(18)16(19)10-13/h4-7,10-11H,8-9H2,1H3,(H,20,22). The van der Waals surface area contributed by atoms with E-state index in [9.17, 15) is 13.6 Å². The molecule has 0 aliphatic carbocycles. The molecule has 1 aromatic carbocycles. The monoisotopic (exact) mass is 316 g/mol. The fraction of sp³-hybridized carbons (Fsp3) is 0.176. The van der Waals surface area contributed by atoms with Crippen molar-refractivity contribution < 1.29 is 18.3 Å². The van der Waals surface area contributed by atoms with Gasteiger partial charge in [-0.3, -0.25) is 9.78 Å². The molecule has 6 heteroatoms. The average molecular weight is 316 g/mol. The van der Waals surface area contributed by atoms with Crippen LogP contribution in [0.4, 0.5) is 8.78 Å². The zero-order valence-electron chi connectivity index (χ0n) is 12.4. The Morgan fingerprint density at radius 3 is 2.74 bits per heavy atom. The number of halogens is 2. The Morgan fingerprint density at radius 1 is 1.22 bits per heavy atom. The summed E-state index contributed by atoms with van der Waals surface area (Å²) in [7, 11) is 0. The first-order chi connectivity index (χ1) is 11.1. The SMILES string of the molecule is Cc1ccc(OCC#CCNC(=O)c2ccc(F)c(F)c2)cn1. The normalized spacial score (nSPS) is 9.70. The van der Waals surface area contributed by atoms with Gasteiger partial charge in [-0.2, -0.15) is 0 Å². The molecule has 0 radical (unpaired) electrons. The number of hydrogen-bond donors (Lipinski definition) is 1. The van der Waals surface area contributed by atoms with Crippen molar-refractivity contribution in [1.82, 2.24) is 10.3 Å². The Kier molecular flexibility index (Phi) is 5.64. The average Bonchev–Trinajstić information content (AvgIpc) is 2.54. The van der Waals surface area contributed by atoms with Gasteiger partial charge in [0, 0.05) is 11.3 Å². The number of carbonyl (C=O) groups is 1. The minimum atomic E-state index is -1.07. The maximum absolute atomic E-state index is 13.0. The maximum Gasteiger partial charge on any atom is 0.252 e. The summed E-state index contributed by atoms with van der Waals surface area (Å²) < 4.78 is 31.1. The highest BCUT2D eigenvalue weighted by molar-refractivity contribution is 5.94. The van der Waals surface area contributed by atoms with Gasteiger partial charge >= 0.3 is 0 Å². The van der Waals surface area contributed by atoms with E-state index in [4.69, 9.17) is 4.74 Å². The summed E-state index contributed by atoms with van der Waals surface area (Å²) in [5.74, 6) is 3.44. The minimum absolute atomic E-state index is 0.0349. The summed E-state index contributed by atoms with van der Waals surface area (Å²) in [4.78, 5) is 15.8. The fourth-order valence-corrected chi connectivity index (χ4v) is 1.64. The van der Waals surface area contributed by atoms with Crippen LogP contribution in [0.5, 0.6) is 5.75 Å². The number of amides is 1. The van der Waals surface area contributed by atoms with Crippen LogP contribution in [0.3, 0.4) is 0 Å². The lowest BCUT2D eigenvalue weighted by Crippen LogP contribution is -2.23. The van der Waals surface area contributed by atoms with Gasteiger partial charge in [0.25, 0.3) is 5.91 Å². The Hall–Kier alpha value is -2.94.